The lowest BCUT2D eigenvalue weighted by Gasteiger charge is -2.20. The van der Waals surface area contributed by atoms with Crippen molar-refractivity contribution in [3.63, 3.8) is 0 Å². The van der Waals surface area contributed by atoms with Crippen LogP contribution in [0.25, 0.3) is 0 Å². The van der Waals surface area contributed by atoms with Crippen LogP contribution in [0.2, 0.25) is 0 Å². The molecule has 2 aliphatic rings. The Labute approximate surface area is 105 Å². The van der Waals surface area contributed by atoms with Crippen LogP contribution in [-0.4, -0.2) is 11.9 Å². The highest BCUT2D eigenvalue weighted by atomic mass is 16.2. The minimum atomic E-state index is -0.602. The predicted octanol–water partition coefficient (Wildman–Crippen LogP) is 1.94. The first kappa shape index (κ1) is 11.1. The van der Waals surface area contributed by atoms with E-state index in [1.165, 1.54) is 0 Å². The van der Waals surface area contributed by atoms with Crippen molar-refractivity contribution in [2.24, 2.45) is 5.73 Å². The molecule has 5 heteroatoms. The average molecular weight is 245 g/mol. The zero-order chi connectivity index (χ0) is 12.8. The van der Waals surface area contributed by atoms with Gasteiger partial charge in [0.25, 0.3) is 0 Å². The second-order valence-electron chi connectivity index (χ2n) is 4.99. The normalized spacial score (nSPS) is 19.7. The topological polar surface area (TPSA) is 84.2 Å². The molecule has 1 aromatic rings. The fourth-order valence-corrected chi connectivity index (χ4v) is 3.12. The minimum Gasteiger partial charge on any atom is -0.351 e. The van der Waals surface area contributed by atoms with Crippen molar-refractivity contribution in [1.29, 1.82) is 0 Å². The van der Waals surface area contributed by atoms with Crippen molar-refractivity contribution in [3.8, 4) is 0 Å². The number of benzene rings is 1. The Bertz CT molecular complexity index is 533. The molecule has 1 fully saturated rings. The SMILES string of the molecule is NC(=O)Nc1ccc2c(c1)NC(=O)C21CCCC1. The van der Waals surface area contributed by atoms with E-state index in [0.717, 1.165) is 36.9 Å². The number of carbonyl (C=O) groups excluding carboxylic acids is 2. The number of nitrogens with two attached hydrogens (primary N) is 1. The molecule has 1 spiro atoms. The molecule has 94 valence electrons. The standard InChI is InChI=1S/C13H15N3O2/c14-12(18)15-8-3-4-9-10(7-8)16-11(17)13(9)5-1-2-6-13/h3-4,7H,1-2,5-6H2,(H,16,17)(H3,14,15,18). The maximum Gasteiger partial charge on any atom is 0.316 e. The predicted molar refractivity (Wildman–Crippen MR) is 68.4 cm³/mol. The number of urea groups is 1. The van der Waals surface area contributed by atoms with Crippen LogP contribution in [0.15, 0.2) is 18.2 Å². The lowest BCUT2D eigenvalue weighted by molar-refractivity contribution is -0.120. The van der Waals surface area contributed by atoms with E-state index >= 15 is 0 Å². The van der Waals surface area contributed by atoms with Gasteiger partial charge in [0.05, 0.1) is 5.41 Å². The Kier molecular flexibility index (Phi) is 2.29. The number of hydrogen-bond acceptors (Lipinski definition) is 2. The smallest absolute Gasteiger partial charge is 0.316 e. The Morgan fingerprint density at radius 3 is 2.72 bits per heavy atom. The van der Waals surface area contributed by atoms with Crippen molar-refractivity contribution < 1.29 is 9.59 Å². The van der Waals surface area contributed by atoms with E-state index in [-0.39, 0.29) is 11.3 Å². The van der Waals surface area contributed by atoms with Crippen LogP contribution in [0.1, 0.15) is 31.2 Å². The maximum absolute atomic E-state index is 12.2. The number of amides is 3. The summed E-state index contributed by atoms with van der Waals surface area (Å²) in [5, 5.41) is 5.43. The highest BCUT2D eigenvalue weighted by molar-refractivity contribution is 6.07. The molecule has 1 aliphatic heterocycles. The molecule has 0 atom stereocenters. The summed E-state index contributed by atoms with van der Waals surface area (Å²) in [6.45, 7) is 0. The Morgan fingerprint density at radius 1 is 1.33 bits per heavy atom. The molecule has 1 aliphatic carbocycles. The van der Waals surface area contributed by atoms with Crippen molar-refractivity contribution in [1.82, 2.24) is 0 Å². The molecule has 0 unspecified atom stereocenters. The molecule has 0 radical (unpaired) electrons. The average Bonchev–Trinajstić information content (AvgIpc) is 2.87. The van der Waals surface area contributed by atoms with Gasteiger partial charge in [-0.2, -0.15) is 0 Å². The number of rotatable bonds is 1. The molecule has 0 saturated heterocycles. The highest BCUT2D eigenvalue weighted by Crippen LogP contribution is 2.49. The van der Waals surface area contributed by atoms with Crippen LogP contribution in [0.3, 0.4) is 0 Å². The quantitative estimate of drug-likeness (QED) is 0.706. The van der Waals surface area contributed by atoms with Gasteiger partial charge in [-0.3, -0.25) is 4.79 Å². The summed E-state index contributed by atoms with van der Waals surface area (Å²) in [5.74, 6) is 0.0891. The van der Waals surface area contributed by atoms with E-state index in [1.807, 2.05) is 6.07 Å². The van der Waals surface area contributed by atoms with Crippen molar-refractivity contribution in [2.45, 2.75) is 31.1 Å². The Morgan fingerprint density at radius 2 is 2.06 bits per heavy atom. The summed E-state index contributed by atoms with van der Waals surface area (Å²) in [5.41, 5.74) is 7.21. The van der Waals surface area contributed by atoms with Crippen LogP contribution >= 0.6 is 0 Å². The monoisotopic (exact) mass is 245 g/mol. The van der Waals surface area contributed by atoms with E-state index in [9.17, 15) is 9.59 Å². The van der Waals surface area contributed by atoms with Crippen molar-refractivity contribution >= 4 is 23.3 Å². The van der Waals surface area contributed by atoms with Crippen LogP contribution in [0.5, 0.6) is 0 Å². The van der Waals surface area contributed by atoms with Gasteiger partial charge in [-0.25, -0.2) is 4.79 Å². The van der Waals surface area contributed by atoms with Crippen LogP contribution in [-0.2, 0) is 10.2 Å². The fourth-order valence-electron chi connectivity index (χ4n) is 3.12. The van der Waals surface area contributed by atoms with Gasteiger partial charge in [0.15, 0.2) is 0 Å². The molecule has 0 bridgehead atoms. The molecule has 4 N–H and O–H groups in total. The minimum absolute atomic E-state index is 0.0891. The summed E-state index contributed by atoms with van der Waals surface area (Å²) in [7, 11) is 0. The fraction of sp³-hybridized carbons (Fsp3) is 0.385. The lowest BCUT2D eigenvalue weighted by atomic mass is 9.80. The zero-order valence-corrected chi connectivity index (χ0v) is 9.95. The first-order chi connectivity index (χ1) is 8.62. The number of primary amides is 1. The third-order valence-corrected chi connectivity index (χ3v) is 3.94. The number of fused-ring (bicyclic) bond motifs is 2. The van der Waals surface area contributed by atoms with E-state index in [2.05, 4.69) is 10.6 Å². The Hall–Kier alpha value is -2.04. The first-order valence-corrected chi connectivity index (χ1v) is 6.14. The van der Waals surface area contributed by atoms with Gasteiger partial charge in [-0.05, 0) is 30.5 Å². The van der Waals surface area contributed by atoms with Gasteiger partial charge in [0.1, 0.15) is 0 Å². The lowest BCUT2D eigenvalue weighted by Crippen LogP contribution is -2.30. The number of hydrogen-bond donors (Lipinski definition) is 3. The van der Waals surface area contributed by atoms with E-state index < -0.39 is 6.03 Å². The van der Waals surface area contributed by atoms with Crippen LogP contribution < -0.4 is 16.4 Å². The summed E-state index contributed by atoms with van der Waals surface area (Å²) in [4.78, 5) is 23.0. The van der Waals surface area contributed by atoms with Crippen molar-refractivity contribution in [3.05, 3.63) is 23.8 Å². The van der Waals surface area contributed by atoms with E-state index in [1.54, 1.807) is 12.1 Å². The molecule has 0 aromatic heterocycles. The summed E-state index contributed by atoms with van der Waals surface area (Å²) in [6.07, 6.45) is 4.01. The number of nitrogens with one attached hydrogen (secondary N) is 2. The molecule has 1 aromatic carbocycles. The molecule has 18 heavy (non-hydrogen) atoms. The molecular weight excluding hydrogens is 230 g/mol. The van der Waals surface area contributed by atoms with E-state index in [4.69, 9.17) is 5.73 Å². The molecule has 3 rings (SSSR count). The second-order valence-corrected chi connectivity index (χ2v) is 4.99. The van der Waals surface area contributed by atoms with Gasteiger partial charge >= 0.3 is 6.03 Å². The zero-order valence-electron chi connectivity index (χ0n) is 9.95. The summed E-state index contributed by atoms with van der Waals surface area (Å²) in [6, 6.07) is 4.88. The third kappa shape index (κ3) is 1.47. The van der Waals surface area contributed by atoms with Crippen LogP contribution in [0, 0.1) is 0 Å². The van der Waals surface area contributed by atoms with Crippen molar-refractivity contribution in [2.75, 3.05) is 10.6 Å². The van der Waals surface area contributed by atoms with Gasteiger partial charge in [-0.1, -0.05) is 18.9 Å². The third-order valence-electron chi connectivity index (χ3n) is 3.94. The summed E-state index contributed by atoms with van der Waals surface area (Å²) >= 11 is 0. The molecule has 3 amide bonds. The molecule has 1 saturated carbocycles. The maximum atomic E-state index is 12.2. The summed E-state index contributed by atoms with van der Waals surface area (Å²) < 4.78 is 0. The first-order valence-electron chi connectivity index (χ1n) is 6.14. The van der Waals surface area contributed by atoms with Gasteiger partial charge in [0.2, 0.25) is 5.91 Å². The van der Waals surface area contributed by atoms with Gasteiger partial charge < -0.3 is 16.4 Å². The number of carbonyl (C=O) groups is 2. The molecular formula is C13H15N3O2. The van der Waals surface area contributed by atoms with Gasteiger partial charge in [0, 0.05) is 11.4 Å². The molecule has 1 heterocycles. The second kappa shape index (κ2) is 3.73. The highest BCUT2D eigenvalue weighted by Gasteiger charge is 2.48. The van der Waals surface area contributed by atoms with E-state index in [0.29, 0.717) is 5.69 Å². The van der Waals surface area contributed by atoms with Gasteiger partial charge in [-0.15, -0.1) is 0 Å². The van der Waals surface area contributed by atoms with Crippen LogP contribution in [0.4, 0.5) is 16.2 Å². The largest absolute Gasteiger partial charge is 0.351 e. The Balaban J connectivity index is 2.00. The molecule has 5 nitrogen and oxygen atoms in total. The number of anilines is 2.